The zero-order chi connectivity index (χ0) is 33.0. The molecule has 0 unspecified atom stereocenters. The summed E-state index contributed by atoms with van der Waals surface area (Å²) in [7, 11) is 0. The van der Waals surface area contributed by atoms with E-state index in [1.54, 1.807) is 0 Å². The van der Waals surface area contributed by atoms with Gasteiger partial charge in [0, 0.05) is 32.8 Å². The van der Waals surface area contributed by atoms with Gasteiger partial charge in [-0.1, -0.05) is 140 Å². The maximum Gasteiger partial charge on any atom is 0.138 e. The molecule has 3 aromatic heterocycles. The Labute approximate surface area is 290 Å². The Kier molecular flexibility index (Phi) is 6.49. The monoisotopic (exact) mass is 637 g/mol. The van der Waals surface area contributed by atoms with Crippen LogP contribution < -0.4 is 0 Å². The molecule has 0 bridgehead atoms. The summed E-state index contributed by atoms with van der Waals surface area (Å²) >= 11 is 0. The molecule has 0 aliphatic heterocycles. The average molecular weight is 638 g/mol. The molecular formula is C47H31N3. The Balaban J connectivity index is 1.25. The number of nitrogens with zero attached hydrogens (tertiary/aromatic N) is 3. The summed E-state index contributed by atoms with van der Waals surface area (Å²) < 4.78 is 4.73. The highest BCUT2D eigenvalue weighted by Crippen LogP contribution is 2.41. The summed E-state index contributed by atoms with van der Waals surface area (Å²) in [5.41, 5.74) is 12.5. The average Bonchev–Trinajstić information content (AvgIpc) is 3.71. The fourth-order valence-electron chi connectivity index (χ4n) is 7.68. The highest BCUT2D eigenvalue weighted by atomic mass is 15.1. The number of hydrogen-bond acceptors (Lipinski definition) is 1. The van der Waals surface area contributed by atoms with E-state index in [9.17, 15) is 0 Å². The Hall–Kier alpha value is -6.71. The molecule has 234 valence electrons. The van der Waals surface area contributed by atoms with Crippen molar-refractivity contribution in [3.8, 4) is 45.0 Å². The molecule has 3 heterocycles. The number of aromatic nitrogens is 3. The summed E-state index contributed by atoms with van der Waals surface area (Å²) in [6.45, 7) is 0. The molecule has 0 fully saturated rings. The smallest absolute Gasteiger partial charge is 0.138 e. The molecule has 10 rings (SSSR count). The van der Waals surface area contributed by atoms with Gasteiger partial charge in [0.1, 0.15) is 5.82 Å². The predicted octanol–water partition coefficient (Wildman–Crippen LogP) is 12.3. The summed E-state index contributed by atoms with van der Waals surface area (Å²) in [4.78, 5) is 5.36. The topological polar surface area (TPSA) is 22.8 Å². The molecule has 7 aromatic carbocycles. The van der Waals surface area contributed by atoms with Gasteiger partial charge >= 0.3 is 0 Å². The number of benzene rings is 7. The molecule has 50 heavy (non-hydrogen) atoms. The van der Waals surface area contributed by atoms with E-state index in [1.165, 1.54) is 43.7 Å². The largest absolute Gasteiger partial charge is 0.309 e. The number of rotatable bonds is 5. The lowest BCUT2D eigenvalue weighted by Crippen LogP contribution is -2.00. The minimum absolute atomic E-state index is 0.896. The van der Waals surface area contributed by atoms with Crippen molar-refractivity contribution < 1.29 is 0 Å². The Morgan fingerprint density at radius 3 is 1.70 bits per heavy atom. The molecule has 0 saturated heterocycles. The van der Waals surface area contributed by atoms with Crippen LogP contribution in [-0.2, 0) is 0 Å². The van der Waals surface area contributed by atoms with Crippen LogP contribution in [0.4, 0.5) is 0 Å². The molecule has 10 aromatic rings. The van der Waals surface area contributed by atoms with Crippen LogP contribution >= 0.6 is 0 Å². The number of hydrogen-bond donors (Lipinski definition) is 0. The Bertz CT molecular complexity index is 2790. The van der Waals surface area contributed by atoms with Crippen LogP contribution in [0.1, 0.15) is 0 Å². The van der Waals surface area contributed by atoms with Gasteiger partial charge in [0.15, 0.2) is 0 Å². The number of para-hydroxylation sites is 3. The summed E-state index contributed by atoms with van der Waals surface area (Å²) in [6.07, 6.45) is 0. The second-order valence-corrected chi connectivity index (χ2v) is 12.8. The van der Waals surface area contributed by atoms with Crippen molar-refractivity contribution in [2.45, 2.75) is 0 Å². The van der Waals surface area contributed by atoms with Crippen molar-refractivity contribution in [1.82, 2.24) is 14.1 Å². The van der Waals surface area contributed by atoms with Gasteiger partial charge in [-0.3, -0.25) is 4.57 Å². The third-order valence-corrected chi connectivity index (χ3v) is 9.91. The van der Waals surface area contributed by atoms with E-state index in [-0.39, 0.29) is 0 Å². The van der Waals surface area contributed by atoms with Crippen LogP contribution in [0.3, 0.4) is 0 Å². The second-order valence-electron chi connectivity index (χ2n) is 12.8. The van der Waals surface area contributed by atoms with E-state index >= 15 is 0 Å². The molecule has 0 spiro atoms. The standard InChI is InChI=1S/C47H31N3/c1-4-15-32(16-5-1)35-29-41(33-17-6-2-7-18-33)48-46(31-35)50-42-24-12-10-21-38(42)39-28-27-34(30-45(39)50)37-23-14-26-44-47(37)40-22-11-13-25-43(40)49(44)36-19-8-3-9-20-36/h1-31H. The molecule has 0 amide bonds. The molecule has 0 atom stereocenters. The summed E-state index contributed by atoms with van der Waals surface area (Å²) in [5, 5.41) is 4.91. The number of fused-ring (bicyclic) bond motifs is 6. The van der Waals surface area contributed by atoms with Gasteiger partial charge in [-0.15, -0.1) is 0 Å². The minimum atomic E-state index is 0.896. The molecule has 0 aliphatic rings. The third-order valence-electron chi connectivity index (χ3n) is 9.91. The highest BCUT2D eigenvalue weighted by Gasteiger charge is 2.19. The Morgan fingerprint density at radius 2 is 0.940 bits per heavy atom. The van der Waals surface area contributed by atoms with Gasteiger partial charge in [0.05, 0.1) is 27.8 Å². The van der Waals surface area contributed by atoms with E-state index in [2.05, 4.69) is 197 Å². The van der Waals surface area contributed by atoms with Gasteiger partial charge in [0.25, 0.3) is 0 Å². The fraction of sp³-hybridized carbons (Fsp3) is 0. The van der Waals surface area contributed by atoms with E-state index in [1.807, 2.05) is 0 Å². The second kappa shape index (κ2) is 11.5. The van der Waals surface area contributed by atoms with Gasteiger partial charge < -0.3 is 4.57 Å². The molecule has 0 N–H and O–H groups in total. The van der Waals surface area contributed by atoms with Gasteiger partial charge in [-0.25, -0.2) is 4.98 Å². The first-order valence-corrected chi connectivity index (χ1v) is 17.1. The number of pyridine rings is 1. The van der Waals surface area contributed by atoms with Crippen molar-refractivity contribution in [2.24, 2.45) is 0 Å². The van der Waals surface area contributed by atoms with Gasteiger partial charge in [-0.2, -0.15) is 0 Å². The van der Waals surface area contributed by atoms with E-state index < -0.39 is 0 Å². The first-order valence-electron chi connectivity index (χ1n) is 17.1. The van der Waals surface area contributed by atoms with Crippen molar-refractivity contribution in [3.63, 3.8) is 0 Å². The van der Waals surface area contributed by atoms with Crippen LogP contribution in [0.2, 0.25) is 0 Å². The fourth-order valence-corrected chi connectivity index (χ4v) is 7.68. The molecule has 0 aliphatic carbocycles. The summed E-state index contributed by atoms with van der Waals surface area (Å²) in [6, 6.07) is 67.2. The quantitative estimate of drug-likeness (QED) is 0.184. The highest BCUT2D eigenvalue weighted by molar-refractivity contribution is 6.17. The predicted molar refractivity (Wildman–Crippen MR) is 209 cm³/mol. The van der Waals surface area contributed by atoms with Crippen LogP contribution in [0.15, 0.2) is 188 Å². The van der Waals surface area contributed by atoms with E-state index in [0.717, 1.165) is 44.9 Å². The van der Waals surface area contributed by atoms with Crippen LogP contribution in [0, 0.1) is 0 Å². The van der Waals surface area contributed by atoms with E-state index in [4.69, 9.17) is 4.98 Å². The SMILES string of the molecule is c1ccc(-c2cc(-c3ccccc3)nc(-n3c4ccccc4c4ccc(-c5cccc6c5c5ccccc5n6-c5ccccc5)cc43)c2)cc1. The van der Waals surface area contributed by atoms with Crippen LogP contribution in [0.25, 0.3) is 88.6 Å². The van der Waals surface area contributed by atoms with Crippen molar-refractivity contribution >= 4 is 43.6 Å². The van der Waals surface area contributed by atoms with Crippen molar-refractivity contribution in [2.75, 3.05) is 0 Å². The zero-order valence-corrected chi connectivity index (χ0v) is 27.2. The lowest BCUT2D eigenvalue weighted by molar-refractivity contribution is 1.08. The molecule has 3 nitrogen and oxygen atoms in total. The normalized spacial score (nSPS) is 11.6. The first kappa shape index (κ1) is 28.3. The molecule has 0 saturated carbocycles. The molecule has 0 radical (unpaired) electrons. The molecule has 3 heteroatoms. The first-order chi connectivity index (χ1) is 24.8. The maximum atomic E-state index is 5.36. The molecular weight excluding hydrogens is 607 g/mol. The Morgan fingerprint density at radius 1 is 0.340 bits per heavy atom. The van der Waals surface area contributed by atoms with Crippen LogP contribution in [-0.4, -0.2) is 14.1 Å². The summed E-state index contributed by atoms with van der Waals surface area (Å²) in [5.74, 6) is 0.896. The zero-order valence-electron chi connectivity index (χ0n) is 27.2. The maximum absolute atomic E-state index is 5.36. The van der Waals surface area contributed by atoms with E-state index in [0.29, 0.717) is 0 Å². The lowest BCUT2D eigenvalue weighted by Gasteiger charge is -2.13. The third kappa shape index (κ3) is 4.48. The lowest BCUT2D eigenvalue weighted by atomic mass is 9.98. The van der Waals surface area contributed by atoms with Crippen molar-refractivity contribution in [1.29, 1.82) is 0 Å². The van der Waals surface area contributed by atoms with Gasteiger partial charge in [-0.05, 0) is 70.8 Å². The van der Waals surface area contributed by atoms with Gasteiger partial charge in [0.2, 0.25) is 0 Å². The minimum Gasteiger partial charge on any atom is -0.309 e. The van der Waals surface area contributed by atoms with Crippen molar-refractivity contribution in [3.05, 3.63) is 188 Å². The van der Waals surface area contributed by atoms with Crippen LogP contribution in [0.5, 0.6) is 0 Å².